The molecule has 1 N–H and O–H groups in total. The van der Waals surface area contributed by atoms with Crippen molar-refractivity contribution < 1.29 is 19.1 Å². The number of hydrogen-bond acceptors (Lipinski definition) is 4. The number of benzene rings is 2. The van der Waals surface area contributed by atoms with E-state index in [1.165, 1.54) is 18.1 Å². The summed E-state index contributed by atoms with van der Waals surface area (Å²) in [4.78, 5) is 36.7. The Morgan fingerprint density at radius 2 is 1.76 bits per heavy atom. The summed E-state index contributed by atoms with van der Waals surface area (Å²) in [5.74, 6) is -0.939. The SMILES string of the molecule is CC(=O)NC(C(=O)OCC(=O)c1ccc2c(c1)-c1ccccc1C2)C1CCCC1. The van der Waals surface area contributed by atoms with E-state index in [1.54, 1.807) is 6.07 Å². The fraction of sp³-hybridized carbons (Fsp3) is 0.375. The topological polar surface area (TPSA) is 72.5 Å². The Kier molecular flexibility index (Phi) is 5.47. The molecule has 0 spiro atoms. The third-order valence-electron chi connectivity index (χ3n) is 5.95. The molecule has 1 amide bonds. The number of ether oxygens (including phenoxy) is 1. The summed E-state index contributed by atoms with van der Waals surface area (Å²) < 4.78 is 5.32. The number of hydrogen-bond donors (Lipinski definition) is 1. The van der Waals surface area contributed by atoms with Crippen molar-refractivity contribution in [2.45, 2.75) is 45.1 Å². The second-order valence-electron chi connectivity index (χ2n) is 7.96. The van der Waals surface area contributed by atoms with Crippen LogP contribution in [0, 0.1) is 5.92 Å². The van der Waals surface area contributed by atoms with Gasteiger partial charge in [0, 0.05) is 12.5 Å². The molecule has 0 aliphatic heterocycles. The first-order valence-corrected chi connectivity index (χ1v) is 10.2. The molecule has 0 bridgehead atoms. The highest BCUT2D eigenvalue weighted by atomic mass is 16.5. The summed E-state index contributed by atoms with van der Waals surface area (Å²) in [7, 11) is 0. The van der Waals surface area contributed by atoms with Gasteiger partial charge in [0.1, 0.15) is 6.04 Å². The van der Waals surface area contributed by atoms with E-state index < -0.39 is 12.0 Å². The highest BCUT2D eigenvalue weighted by molar-refractivity contribution is 6.00. The smallest absolute Gasteiger partial charge is 0.329 e. The van der Waals surface area contributed by atoms with Gasteiger partial charge in [-0.05, 0) is 53.5 Å². The largest absolute Gasteiger partial charge is 0.456 e. The number of fused-ring (bicyclic) bond motifs is 3. The van der Waals surface area contributed by atoms with Crippen molar-refractivity contribution in [1.82, 2.24) is 5.32 Å². The van der Waals surface area contributed by atoms with Gasteiger partial charge in [0.15, 0.2) is 12.4 Å². The molecule has 29 heavy (non-hydrogen) atoms. The lowest BCUT2D eigenvalue weighted by atomic mass is 9.98. The predicted octanol–water partition coefficient (Wildman–Crippen LogP) is 3.68. The summed E-state index contributed by atoms with van der Waals surface area (Å²) in [6.45, 7) is 1.07. The van der Waals surface area contributed by atoms with Gasteiger partial charge in [-0.2, -0.15) is 0 Å². The monoisotopic (exact) mass is 391 g/mol. The lowest BCUT2D eigenvalue weighted by Crippen LogP contribution is -2.45. The van der Waals surface area contributed by atoms with Crippen LogP contribution in [0.5, 0.6) is 0 Å². The van der Waals surface area contributed by atoms with E-state index in [-0.39, 0.29) is 24.2 Å². The zero-order valence-electron chi connectivity index (χ0n) is 16.6. The fourth-order valence-electron chi connectivity index (χ4n) is 4.49. The quantitative estimate of drug-likeness (QED) is 0.514. The van der Waals surface area contributed by atoms with Crippen LogP contribution in [0.3, 0.4) is 0 Å². The van der Waals surface area contributed by atoms with Gasteiger partial charge < -0.3 is 10.1 Å². The van der Waals surface area contributed by atoms with Crippen molar-refractivity contribution in [1.29, 1.82) is 0 Å². The first-order chi connectivity index (χ1) is 14.0. The number of carbonyl (C=O) groups excluding carboxylic acids is 3. The fourth-order valence-corrected chi connectivity index (χ4v) is 4.49. The van der Waals surface area contributed by atoms with Crippen LogP contribution in [0.25, 0.3) is 11.1 Å². The number of rotatable bonds is 6. The van der Waals surface area contributed by atoms with Crippen LogP contribution in [-0.4, -0.2) is 30.3 Å². The van der Waals surface area contributed by atoms with Crippen LogP contribution >= 0.6 is 0 Å². The zero-order valence-corrected chi connectivity index (χ0v) is 16.6. The van der Waals surface area contributed by atoms with Crippen molar-refractivity contribution in [3.05, 3.63) is 59.2 Å². The molecular formula is C24H25NO4. The highest BCUT2D eigenvalue weighted by Gasteiger charge is 2.33. The summed E-state index contributed by atoms with van der Waals surface area (Å²) in [5, 5.41) is 2.71. The van der Waals surface area contributed by atoms with Crippen molar-refractivity contribution >= 4 is 17.7 Å². The van der Waals surface area contributed by atoms with Gasteiger partial charge in [0.2, 0.25) is 5.91 Å². The first-order valence-electron chi connectivity index (χ1n) is 10.2. The molecule has 1 fully saturated rings. The molecular weight excluding hydrogens is 366 g/mol. The summed E-state index contributed by atoms with van der Waals surface area (Å²) >= 11 is 0. The summed E-state index contributed by atoms with van der Waals surface area (Å²) in [6.07, 6.45) is 4.73. The molecule has 2 aromatic carbocycles. The Morgan fingerprint density at radius 1 is 1.03 bits per heavy atom. The summed E-state index contributed by atoms with van der Waals surface area (Å²) in [6, 6.07) is 13.2. The van der Waals surface area contributed by atoms with Crippen LogP contribution in [-0.2, 0) is 20.7 Å². The van der Waals surface area contributed by atoms with E-state index in [1.807, 2.05) is 24.3 Å². The van der Waals surface area contributed by atoms with E-state index in [4.69, 9.17) is 4.74 Å². The van der Waals surface area contributed by atoms with E-state index in [9.17, 15) is 14.4 Å². The van der Waals surface area contributed by atoms with E-state index in [0.717, 1.165) is 43.2 Å². The third kappa shape index (κ3) is 4.09. The molecule has 150 valence electrons. The Balaban J connectivity index is 1.43. The molecule has 0 radical (unpaired) electrons. The molecule has 0 saturated heterocycles. The van der Waals surface area contributed by atoms with Crippen molar-refractivity contribution in [2.75, 3.05) is 6.61 Å². The number of carbonyl (C=O) groups is 3. The van der Waals surface area contributed by atoms with Crippen molar-refractivity contribution in [3.63, 3.8) is 0 Å². The van der Waals surface area contributed by atoms with Gasteiger partial charge in [0.25, 0.3) is 0 Å². The molecule has 1 unspecified atom stereocenters. The van der Waals surface area contributed by atoms with Crippen molar-refractivity contribution in [3.8, 4) is 11.1 Å². The first kappa shape index (κ1) is 19.4. The minimum absolute atomic E-state index is 0.0815. The average Bonchev–Trinajstić information content (AvgIpc) is 3.37. The number of nitrogens with one attached hydrogen (secondary N) is 1. The van der Waals surface area contributed by atoms with E-state index in [2.05, 4.69) is 17.4 Å². The molecule has 1 saturated carbocycles. The molecule has 1 atom stereocenters. The van der Waals surface area contributed by atoms with Gasteiger partial charge in [-0.1, -0.05) is 49.2 Å². The number of ketones is 1. The maximum atomic E-state index is 12.7. The van der Waals surface area contributed by atoms with Gasteiger partial charge in [-0.25, -0.2) is 4.79 Å². The molecule has 2 aliphatic rings. The molecule has 2 aromatic rings. The van der Waals surface area contributed by atoms with Gasteiger partial charge in [-0.15, -0.1) is 0 Å². The van der Waals surface area contributed by atoms with Crippen LogP contribution in [0.2, 0.25) is 0 Å². The second kappa shape index (κ2) is 8.19. The Hall–Kier alpha value is -2.95. The highest BCUT2D eigenvalue weighted by Crippen LogP contribution is 2.37. The number of esters is 1. The van der Waals surface area contributed by atoms with Crippen molar-refractivity contribution in [2.24, 2.45) is 5.92 Å². The molecule has 4 rings (SSSR count). The predicted molar refractivity (Wildman–Crippen MR) is 110 cm³/mol. The third-order valence-corrected chi connectivity index (χ3v) is 5.95. The van der Waals surface area contributed by atoms with Crippen LogP contribution < -0.4 is 5.32 Å². The lowest BCUT2D eigenvalue weighted by Gasteiger charge is -2.22. The second-order valence-corrected chi connectivity index (χ2v) is 7.96. The minimum atomic E-state index is -0.672. The molecule has 0 heterocycles. The lowest BCUT2D eigenvalue weighted by molar-refractivity contribution is -0.148. The van der Waals surface area contributed by atoms with E-state index in [0.29, 0.717) is 5.56 Å². The zero-order chi connectivity index (χ0) is 20.4. The van der Waals surface area contributed by atoms with Gasteiger partial charge in [0.05, 0.1) is 0 Å². The van der Waals surface area contributed by atoms with E-state index >= 15 is 0 Å². The van der Waals surface area contributed by atoms with Gasteiger partial charge >= 0.3 is 5.97 Å². The van der Waals surface area contributed by atoms with Gasteiger partial charge in [-0.3, -0.25) is 9.59 Å². The number of amides is 1. The number of Topliss-reactive ketones (excluding diaryl/α,β-unsaturated/α-hetero) is 1. The maximum Gasteiger partial charge on any atom is 0.329 e. The van der Waals surface area contributed by atoms with Crippen LogP contribution in [0.4, 0.5) is 0 Å². The van der Waals surface area contributed by atoms with Crippen LogP contribution in [0.1, 0.15) is 54.1 Å². The maximum absolute atomic E-state index is 12.7. The molecule has 5 heteroatoms. The van der Waals surface area contributed by atoms with Crippen LogP contribution in [0.15, 0.2) is 42.5 Å². The normalized spacial score (nSPS) is 16.0. The Bertz CT molecular complexity index is 959. The standard InChI is InChI=1S/C24H25NO4/c1-15(26)25-23(16-6-2-3-7-16)24(28)29-14-22(27)19-11-10-18-12-17-8-4-5-9-20(17)21(18)13-19/h4-5,8-11,13,16,23H,2-3,6-7,12,14H2,1H3,(H,25,26). The average molecular weight is 391 g/mol. The minimum Gasteiger partial charge on any atom is -0.456 e. The molecule has 0 aromatic heterocycles. The Labute approximate surface area is 170 Å². The Morgan fingerprint density at radius 3 is 2.52 bits per heavy atom. The summed E-state index contributed by atoms with van der Waals surface area (Å²) in [5.41, 5.74) is 5.21. The molecule has 5 nitrogen and oxygen atoms in total. The molecule has 2 aliphatic carbocycles.